The van der Waals surface area contributed by atoms with E-state index in [4.69, 9.17) is 0 Å². The molecule has 0 aromatic carbocycles. The van der Waals surface area contributed by atoms with Crippen molar-refractivity contribution in [1.29, 1.82) is 0 Å². The van der Waals surface area contributed by atoms with Gasteiger partial charge in [-0.15, -0.1) is 0 Å². The summed E-state index contributed by atoms with van der Waals surface area (Å²) < 4.78 is 0. The number of allylic oxidation sites excluding steroid dienone is 6. The first-order valence-electron chi connectivity index (χ1n) is 30.7. The molecule has 3 N–H and O–H groups in total. The van der Waals surface area contributed by atoms with E-state index in [-0.39, 0.29) is 12.5 Å². The fourth-order valence-corrected chi connectivity index (χ4v) is 9.73. The van der Waals surface area contributed by atoms with Gasteiger partial charge in [0.2, 0.25) is 5.91 Å². The van der Waals surface area contributed by atoms with E-state index in [1.54, 1.807) is 0 Å². The summed E-state index contributed by atoms with van der Waals surface area (Å²) in [6.07, 6.45) is 80.1. The lowest BCUT2D eigenvalue weighted by atomic mass is 10.0. The first-order valence-corrected chi connectivity index (χ1v) is 30.7. The van der Waals surface area contributed by atoms with Gasteiger partial charge in [-0.3, -0.25) is 4.79 Å². The smallest absolute Gasteiger partial charge is 0.220 e. The van der Waals surface area contributed by atoms with Gasteiger partial charge in [0, 0.05) is 6.42 Å². The monoisotopic (exact) mass is 940 g/mol. The quantitative estimate of drug-likeness (QED) is 0.0420. The molecule has 0 saturated heterocycles. The number of unbranched alkanes of at least 4 members (excludes halogenated alkanes) is 44. The number of aliphatic hydroxyl groups is 2. The van der Waals surface area contributed by atoms with Crippen molar-refractivity contribution in [3.63, 3.8) is 0 Å². The van der Waals surface area contributed by atoms with Crippen molar-refractivity contribution in [1.82, 2.24) is 5.32 Å². The van der Waals surface area contributed by atoms with Gasteiger partial charge in [-0.2, -0.15) is 0 Å². The molecule has 2 atom stereocenters. The van der Waals surface area contributed by atoms with Crippen LogP contribution < -0.4 is 5.32 Å². The van der Waals surface area contributed by atoms with Gasteiger partial charge in [0.15, 0.2) is 0 Å². The predicted molar refractivity (Wildman–Crippen MR) is 299 cm³/mol. The predicted octanol–water partition coefficient (Wildman–Crippen LogP) is 20.4. The van der Waals surface area contributed by atoms with Gasteiger partial charge in [-0.25, -0.2) is 0 Å². The zero-order valence-electron chi connectivity index (χ0n) is 45.7. The maximum Gasteiger partial charge on any atom is 0.220 e. The summed E-state index contributed by atoms with van der Waals surface area (Å²) in [5.74, 6) is -0.0248. The Hall–Kier alpha value is -1.39. The van der Waals surface area contributed by atoms with Crippen LogP contribution in [0.1, 0.15) is 341 Å². The molecule has 0 aliphatic carbocycles. The average Bonchev–Trinajstić information content (AvgIpc) is 3.33. The minimum absolute atomic E-state index is 0.0248. The van der Waals surface area contributed by atoms with Crippen molar-refractivity contribution in [2.24, 2.45) is 0 Å². The van der Waals surface area contributed by atoms with E-state index in [0.29, 0.717) is 12.8 Å². The Kier molecular flexibility index (Phi) is 57.7. The highest BCUT2D eigenvalue weighted by Gasteiger charge is 2.20. The summed E-state index contributed by atoms with van der Waals surface area (Å²) >= 11 is 0. The van der Waals surface area contributed by atoms with Gasteiger partial charge in [0.1, 0.15) is 0 Å². The van der Waals surface area contributed by atoms with E-state index >= 15 is 0 Å². The molecule has 2 unspecified atom stereocenters. The number of carbonyl (C=O) groups is 1. The molecular formula is C63H121NO3. The van der Waals surface area contributed by atoms with Crippen molar-refractivity contribution in [2.45, 2.75) is 353 Å². The van der Waals surface area contributed by atoms with Crippen molar-refractivity contribution >= 4 is 5.91 Å². The molecule has 67 heavy (non-hydrogen) atoms. The molecule has 0 rings (SSSR count). The van der Waals surface area contributed by atoms with Crippen LogP contribution in [-0.2, 0) is 4.79 Å². The molecule has 0 radical (unpaired) electrons. The molecule has 0 aromatic heterocycles. The topological polar surface area (TPSA) is 69.6 Å². The normalized spacial score (nSPS) is 13.0. The van der Waals surface area contributed by atoms with Gasteiger partial charge in [0.05, 0.1) is 18.8 Å². The zero-order chi connectivity index (χ0) is 48.5. The molecule has 0 spiro atoms. The van der Waals surface area contributed by atoms with Gasteiger partial charge in [0.25, 0.3) is 0 Å². The third-order valence-corrected chi connectivity index (χ3v) is 14.4. The average molecular weight is 941 g/mol. The number of carbonyl (C=O) groups excluding carboxylic acids is 1. The van der Waals surface area contributed by atoms with Crippen molar-refractivity contribution in [2.75, 3.05) is 6.61 Å². The van der Waals surface area contributed by atoms with Crippen LogP contribution in [0.25, 0.3) is 0 Å². The summed E-state index contributed by atoms with van der Waals surface area (Å²) in [4.78, 5) is 12.5. The molecule has 4 heteroatoms. The number of hydrogen-bond acceptors (Lipinski definition) is 3. The van der Waals surface area contributed by atoms with Gasteiger partial charge < -0.3 is 15.5 Å². The summed E-state index contributed by atoms with van der Waals surface area (Å²) in [7, 11) is 0. The van der Waals surface area contributed by atoms with E-state index in [1.165, 1.54) is 276 Å². The number of amides is 1. The van der Waals surface area contributed by atoms with Crippen LogP contribution in [0.15, 0.2) is 36.5 Å². The summed E-state index contributed by atoms with van der Waals surface area (Å²) in [5, 5.41) is 23.4. The van der Waals surface area contributed by atoms with Crippen molar-refractivity contribution in [3.05, 3.63) is 36.5 Å². The maximum atomic E-state index is 12.5. The van der Waals surface area contributed by atoms with Crippen molar-refractivity contribution < 1.29 is 15.0 Å². The number of rotatable bonds is 57. The van der Waals surface area contributed by atoms with E-state index < -0.39 is 12.1 Å². The van der Waals surface area contributed by atoms with Crippen LogP contribution in [-0.4, -0.2) is 34.9 Å². The highest BCUT2D eigenvalue weighted by molar-refractivity contribution is 5.76. The Morgan fingerprint density at radius 3 is 0.910 bits per heavy atom. The standard InChI is InChI=1S/C63H121NO3/c1-3-5-7-9-11-13-15-17-19-21-23-25-26-27-28-29-30-31-32-33-34-35-36-37-38-39-41-43-45-47-49-51-53-55-57-59-63(67)64-61(60-65)62(66)58-56-54-52-50-48-46-44-42-40-24-22-20-18-16-14-12-10-8-6-4-2/h15,17,21,23,26-27,61-62,65-66H,3-14,16,18-20,22,24-25,28-60H2,1-2H3,(H,64,67)/b17-15-,23-21-,27-26-. The minimum Gasteiger partial charge on any atom is -0.394 e. The second-order valence-corrected chi connectivity index (χ2v) is 21.1. The second kappa shape index (κ2) is 58.9. The third kappa shape index (κ3) is 55.4. The first kappa shape index (κ1) is 65.6. The van der Waals surface area contributed by atoms with Crippen LogP contribution in [0.3, 0.4) is 0 Å². The van der Waals surface area contributed by atoms with Crippen molar-refractivity contribution in [3.8, 4) is 0 Å². The molecule has 0 aliphatic rings. The van der Waals surface area contributed by atoms with Crippen LogP contribution in [0.5, 0.6) is 0 Å². The molecule has 1 amide bonds. The van der Waals surface area contributed by atoms with E-state index in [0.717, 1.165) is 38.5 Å². The fourth-order valence-electron chi connectivity index (χ4n) is 9.73. The third-order valence-electron chi connectivity index (χ3n) is 14.4. The van der Waals surface area contributed by atoms with Gasteiger partial charge in [-0.05, 0) is 51.4 Å². The minimum atomic E-state index is -0.658. The molecule has 0 bridgehead atoms. The highest BCUT2D eigenvalue weighted by atomic mass is 16.3. The summed E-state index contributed by atoms with van der Waals surface area (Å²) in [6, 6.07) is -0.535. The van der Waals surface area contributed by atoms with Crippen LogP contribution in [0.4, 0.5) is 0 Å². The lowest BCUT2D eigenvalue weighted by Crippen LogP contribution is -2.45. The molecule has 0 aliphatic heterocycles. The molecule has 0 aromatic rings. The lowest BCUT2D eigenvalue weighted by Gasteiger charge is -2.22. The molecular weight excluding hydrogens is 819 g/mol. The molecule has 4 nitrogen and oxygen atoms in total. The molecule has 0 saturated carbocycles. The Labute approximate surface area is 421 Å². The highest BCUT2D eigenvalue weighted by Crippen LogP contribution is 2.18. The number of hydrogen-bond donors (Lipinski definition) is 3. The number of nitrogens with one attached hydrogen (secondary N) is 1. The Morgan fingerprint density at radius 1 is 0.358 bits per heavy atom. The van der Waals surface area contributed by atoms with Gasteiger partial charge in [-0.1, -0.05) is 320 Å². The van der Waals surface area contributed by atoms with E-state index in [9.17, 15) is 15.0 Å². The Balaban J connectivity index is 3.41. The fraction of sp³-hybridized carbons (Fsp3) is 0.889. The van der Waals surface area contributed by atoms with Crippen LogP contribution in [0, 0.1) is 0 Å². The maximum absolute atomic E-state index is 12.5. The summed E-state index contributed by atoms with van der Waals surface area (Å²) in [6.45, 7) is 4.38. The second-order valence-electron chi connectivity index (χ2n) is 21.1. The molecule has 0 heterocycles. The number of aliphatic hydroxyl groups excluding tert-OH is 2. The first-order chi connectivity index (χ1) is 33.2. The molecule has 396 valence electrons. The summed E-state index contributed by atoms with van der Waals surface area (Å²) in [5.41, 5.74) is 0. The van der Waals surface area contributed by atoms with E-state index in [1.807, 2.05) is 0 Å². The van der Waals surface area contributed by atoms with Crippen LogP contribution in [0.2, 0.25) is 0 Å². The van der Waals surface area contributed by atoms with Gasteiger partial charge >= 0.3 is 0 Å². The SMILES string of the molecule is CCCCCCC/C=C\C/C=C\C/C=C\CCCCCCCCCCCCCCCCCCCCCCC(=O)NC(CO)C(O)CCCCCCCCCCCCCCCCCCCCCC. The van der Waals surface area contributed by atoms with E-state index in [2.05, 4.69) is 55.6 Å². The molecule has 0 fully saturated rings. The van der Waals surface area contributed by atoms with Crippen LogP contribution >= 0.6 is 0 Å². The zero-order valence-corrected chi connectivity index (χ0v) is 45.7. The Morgan fingerprint density at radius 2 is 0.612 bits per heavy atom. The Bertz CT molecular complexity index is 1020. The lowest BCUT2D eigenvalue weighted by molar-refractivity contribution is -0.123. The largest absolute Gasteiger partial charge is 0.394 e.